The Kier molecular flexibility index (Phi) is 4.04. The molecule has 1 aliphatic rings. The highest BCUT2D eigenvalue weighted by Gasteiger charge is 2.23. The van der Waals surface area contributed by atoms with E-state index in [0.717, 1.165) is 12.5 Å². The quantitative estimate of drug-likeness (QED) is 0.749. The zero-order valence-corrected chi connectivity index (χ0v) is 11.7. The first-order chi connectivity index (χ1) is 7.65. The van der Waals surface area contributed by atoms with Gasteiger partial charge >= 0.3 is 0 Å². The minimum atomic E-state index is 0.659. The first-order valence-electron chi connectivity index (χ1n) is 6.07. The molecule has 1 saturated heterocycles. The number of nitrogens with zero attached hydrogens (tertiary/aromatic N) is 1. The van der Waals surface area contributed by atoms with Crippen molar-refractivity contribution in [2.45, 2.75) is 31.6 Å². The summed E-state index contributed by atoms with van der Waals surface area (Å²) in [6, 6.07) is 8.90. The van der Waals surface area contributed by atoms with Crippen molar-refractivity contribution in [3.8, 4) is 0 Å². The fraction of sp³-hybridized carbons (Fsp3) is 0.571. The largest absolute Gasteiger partial charge is 0.298 e. The Labute approximate surface area is 107 Å². The van der Waals surface area contributed by atoms with E-state index in [4.69, 9.17) is 0 Å². The molecule has 2 rings (SSSR count). The van der Waals surface area contributed by atoms with Gasteiger partial charge in [0.25, 0.3) is 0 Å². The SMILES string of the molecule is Cc1ccc(CN2CCC(C)C(Br)C2)cc1. The first-order valence-corrected chi connectivity index (χ1v) is 6.98. The lowest BCUT2D eigenvalue weighted by Crippen LogP contribution is -2.39. The number of aryl methyl sites for hydroxylation is 1. The van der Waals surface area contributed by atoms with Crippen molar-refractivity contribution in [2.24, 2.45) is 5.92 Å². The highest BCUT2D eigenvalue weighted by atomic mass is 79.9. The number of piperidine rings is 1. The Bertz CT molecular complexity index is 333. The smallest absolute Gasteiger partial charge is 0.0299 e. The van der Waals surface area contributed by atoms with Crippen LogP contribution in [0.5, 0.6) is 0 Å². The maximum Gasteiger partial charge on any atom is 0.0299 e. The maximum absolute atomic E-state index is 3.78. The molecule has 88 valence electrons. The molecule has 0 N–H and O–H groups in total. The summed E-state index contributed by atoms with van der Waals surface area (Å²) in [6.45, 7) is 7.98. The second kappa shape index (κ2) is 5.33. The number of alkyl halides is 1. The van der Waals surface area contributed by atoms with Gasteiger partial charge in [0.1, 0.15) is 0 Å². The predicted octanol–water partition coefficient (Wildman–Crippen LogP) is 3.60. The van der Waals surface area contributed by atoms with Crippen molar-refractivity contribution in [3.05, 3.63) is 35.4 Å². The summed E-state index contributed by atoms with van der Waals surface area (Å²) >= 11 is 3.78. The lowest BCUT2D eigenvalue weighted by atomic mass is 9.98. The molecule has 16 heavy (non-hydrogen) atoms. The van der Waals surface area contributed by atoms with Crippen molar-refractivity contribution in [2.75, 3.05) is 13.1 Å². The fourth-order valence-corrected chi connectivity index (χ4v) is 2.85. The standard InChI is InChI=1S/C14H20BrN/c1-11-3-5-13(6-4-11)9-16-8-7-12(2)14(15)10-16/h3-6,12,14H,7-10H2,1-2H3. The highest BCUT2D eigenvalue weighted by Crippen LogP contribution is 2.24. The van der Waals surface area contributed by atoms with E-state index >= 15 is 0 Å². The summed E-state index contributed by atoms with van der Waals surface area (Å²) in [6.07, 6.45) is 1.31. The molecule has 0 aliphatic carbocycles. The molecule has 2 atom stereocenters. The summed E-state index contributed by atoms with van der Waals surface area (Å²) in [4.78, 5) is 3.20. The zero-order chi connectivity index (χ0) is 11.5. The third kappa shape index (κ3) is 3.08. The van der Waals surface area contributed by atoms with E-state index in [1.165, 1.54) is 30.6 Å². The van der Waals surface area contributed by atoms with E-state index < -0.39 is 0 Å². The lowest BCUT2D eigenvalue weighted by molar-refractivity contribution is 0.194. The van der Waals surface area contributed by atoms with Gasteiger partial charge in [-0.25, -0.2) is 0 Å². The van der Waals surface area contributed by atoms with Crippen LogP contribution in [0.2, 0.25) is 0 Å². The van der Waals surface area contributed by atoms with E-state index in [1.807, 2.05) is 0 Å². The second-order valence-electron chi connectivity index (χ2n) is 5.00. The molecule has 0 saturated carbocycles. The minimum Gasteiger partial charge on any atom is -0.298 e. The van der Waals surface area contributed by atoms with Crippen LogP contribution in [-0.2, 0) is 6.54 Å². The number of likely N-dealkylation sites (tertiary alicyclic amines) is 1. The van der Waals surface area contributed by atoms with Gasteiger partial charge in [-0.1, -0.05) is 52.7 Å². The normalized spacial score (nSPS) is 26.9. The summed E-state index contributed by atoms with van der Waals surface area (Å²) in [7, 11) is 0. The molecule has 1 aromatic carbocycles. The summed E-state index contributed by atoms with van der Waals surface area (Å²) in [5, 5.41) is 0. The van der Waals surface area contributed by atoms with Crippen LogP contribution in [-0.4, -0.2) is 22.8 Å². The third-order valence-corrected chi connectivity index (χ3v) is 4.67. The van der Waals surface area contributed by atoms with Crippen LogP contribution in [0.25, 0.3) is 0 Å². The Morgan fingerprint density at radius 2 is 2.00 bits per heavy atom. The Hall–Kier alpha value is -0.340. The van der Waals surface area contributed by atoms with E-state index in [9.17, 15) is 0 Å². The van der Waals surface area contributed by atoms with Gasteiger partial charge in [0.2, 0.25) is 0 Å². The molecule has 1 nitrogen and oxygen atoms in total. The van der Waals surface area contributed by atoms with Crippen LogP contribution in [0.1, 0.15) is 24.5 Å². The lowest BCUT2D eigenvalue weighted by Gasteiger charge is -2.34. The number of hydrogen-bond donors (Lipinski definition) is 0. The van der Waals surface area contributed by atoms with Gasteiger partial charge in [-0.3, -0.25) is 4.90 Å². The predicted molar refractivity (Wildman–Crippen MR) is 73.0 cm³/mol. The van der Waals surface area contributed by atoms with Gasteiger partial charge in [-0.15, -0.1) is 0 Å². The van der Waals surface area contributed by atoms with Gasteiger partial charge < -0.3 is 0 Å². The number of hydrogen-bond acceptors (Lipinski definition) is 1. The molecule has 0 spiro atoms. The van der Waals surface area contributed by atoms with Crippen molar-refractivity contribution >= 4 is 15.9 Å². The molecule has 0 amide bonds. The molecule has 1 heterocycles. The highest BCUT2D eigenvalue weighted by molar-refractivity contribution is 9.09. The van der Waals surface area contributed by atoms with Gasteiger partial charge in [0.05, 0.1) is 0 Å². The zero-order valence-electron chi connectivity index (χ0n) is 10.1. The van der Waals surface area contributed by atoms with E-state index in [2.05, 4.69) is 58.9 Å². The Morgan fingerprint density at radius 3 is 2.62 bits per heavy atom. The van der Waals surface area contributed by atoms with Crippen molar-refractivity contribution in [1.29, 1.82) is 0 Å². The number of rotatable bonds is 2. The third-order valence-electron chi connectivity index (χ3n) is 3.48. The van der Waals surface area contributed by atoms with Crippen molar-refractivity contribution < 1.29 is 0 Å². The van der Waals surface area contributed by atoms with E-state index in [-0.39, 0.29) is 0 Å². The molecular weight excluding hydrogens is 262 g/mol. The first kappa shape index (κ1) is 12.1. The molecule has 0 bridgehead atoms. The molecule has 0 radical (unpaired) electrons. The van der Waals surface area contributed by atoms with Crippen LogP contribution in [0.4, 0.5) is 0 Å². The maximum atomic E-state index is 3.78. The van der Waals surface area contributed by atoms with Gasteiger partial charge in [-0.05, 0) is 31.4 Å². The van der Waals surface area contributed by atoms with Gasteiger partial charge in [0.15, 0.2) is 0 Å². The fourth-order valence-electron chi connectivity index (χ4n) is 2.18. The molecule has 1 aromatic rings. The van der Waals surface area contributed by atoms with Gasteiger partial charge in [-0.2, -0.15) is 0 Å². The number of halogens is 1. The Morgan fingerprint density at radius 1 is 1.31 bits per heavy atom. The van der Waals surface area contributed by atoms with E-state index in [1.54, 1.807) is 0 Å². The summed E-state index contributed by atoms with van der Waals surface area (Å²) in [5.41, 5.74) is 2.77. The van der Waals surface area contributed by atoms with Crippen LogP contribution in [0.15, 0.2) is 24.3 Å². The minimum absolute atomic E-state index is 0.659. The van der Waals surface area contributed by atoms with Crippen LogP contribution in [0, 0.1) is 12.8 Å². The molecular formula is C14H20BrN. The monoisotopic (exact) mass is 281 g/mol. The van der Waals surface area contributed by atoms with Crippen LogP contribution < -0.4 is 0 Å². The molecule has 0 aromatic heterocycles. The van der Waals surface area contributed by atoms with Crippen LogP contribution in [0.3, 0.4) is 0 Å². The number of benzene rings is 1. The Balaban J connectivity index is 1.93. The van der Waals surface area contributed by atoms with Crippen LogP contribution >= 0.6 is 15.9 Å². The summed E-state index contributed by atoms with van der Waals surface area (Å²) in [5.74, 6) is 0.814. The topological polar surface area (TPSA) is 3.24 Å². The molecule has 2 unspecified atom stereocenters. The van der Waals surface area contributed by atoms with Crippen molar-refractivity contribution in [3.63, 3.8) is 0 Å². The second-order valence-corrected chi connectivity index (χ2v) is 6.18. The average Bonchev–Trinajstić information content (AvgIpc) is 2.27. The molecule has 1 aliphatic heterocycles. The van der Waals surface area contributed by atoms with Gasteiger partial charge in [0, 0.05) is 17.9 Å². The molecule has 2 heteroatoms. The summed E-state index contributed by atoms with van der Waals surface area (Å²) < 4.78 is 0. The molecule has 1 fully saturated rings. The van der Waals surface area contributed by atoms with E-state index in [0.29, 0.717) is 4.83 Å². The average molecular weight is 282 g/mol. The van der Waals surface area contributed by atoms with Crippen molar-refractivity contribution in [1.82, 2.24) is 4.90 Å².